The van der Waals surface area contributed by atoms with Crippen LogP contribution in [0, 0.1) is 0 Å². The molecule has 3 rings (SSSR count). The van der Waals surface area contributed by atoms with E-state index in [1.54, 1.807) is 13.2 Å². The first-order valence-electron chi connectivity index (χ1n) is 6.62. The van der Waals surface area contributed by atoms with Gasteiger partial charge in [-0.15, -0.1) is 5.10 Å². The van der Waals surface area contributed by atoms with Gasteiger partial charge in [-0.3, -0.25) is 5.10 Å². The van der Waals surface area contributed by atoms with Crippen molar-refractivity contribution in [2.75, 3.05) is 31.6 Å². The highest BCUT2D eigenvalue weighted by Gasteiger charge is 2.20. The minimum atomic E-state index is 0.392. The third-order valence-corrected chi connectivity index (χ3v) is 3.21. The Morgan fingerprint density at radius 1 is 1.55 bits per heavy atom. The van der Waals surface area contributed by atoms with Gasteiger partial charge in [0.15, 0.2) is 17.3 Å². The second kappa shape index (κ2) is 5.59. The molecule has 0 amide bonds. The maximum absolute atomic E-state index is 5.14. The van der Waals surface area contributed by atoms with Gasteiger partial charge in [-0.05, 0) is 6.92 Å². The SMILES string of the molecule is COCc1cc(-c2nc(N3CCN[C@@H](C)C3)n[nH]2)no1. The Kier molecular flexibility index (Phi) is 3.66. The van der Waals surface area contributed by atoms with E-state index in [0.717, 1.165) is 19.6 Å². The van der Waals surface area contributed by atoms with E-state index in [1.807, 2.05) is 0 Å². The number of nitrogens with zero attached hydrogens (tertiary/aromatic N) is 4. The molecule has 0 saturated carbocycles. The minimum absolute atomic E-state index is 0.392. The van der Waals surface area contributed by atoms with Crippen LogP contribution in [0.2, 0.25) is 0 Å². The molecule has 1 fully saturated rings. The van der Waals surface area contributed by atoms with E-state index in [0.29, 0.717) is 35.9 Å². The van der Waals surface area contributed by atoms with Gasteiger partial charge in [0.2, 0.25) is 5.95 Å². The molecule has 8 nitrogen and oxygen atoms in total. The molecule has 1 atom stereocenters. The monoisotopic (exact) mass is 278 g/mol. The van der Waals surface area contributed by atoms with Crippen LogP contribution in [0.15, 0.2) is 10.6 Å². The molecule has 20 heavy (non-hydrogen) atoms. The van der Waals surface area contributed by atoms with Gasteiger partial charge in [0, 0.05) is 38.9 Å². The second-order valence-electron chi connectivity index (χ2n) is 4.90. The number of hydrogen-bond donors (Lipinski definition) is 2. The molecule has 1 aliphatic heterocycles. The van der Waals surface area contributed by atoms with Crippen LogP contribution >= 0.6 is 0 Å². The number of aromatic amines is 1. The number of rotatable bonds is 4. The smallest absolute Gasteiger partial charge is 0.245 e. The third kappa shape index (κ3) is 2.66. The standard InChI is InChI=1S/C12H18N6O2/c1-8-6-18(4-3-13-8)12-14-11(15-16-12)10-5-9(7-19-2)20-17-10/h5,8,13H,3-4,6-7H2,1-2H3,(H,14,15,16)/t8-/m0/s1. The van der Waals surface area contributed by atoms with Gasteiger partial charge < -0.3 is 19.5 Å². The maximum atomic E-state index is 5.14. The van der Waals surface area contributed by atoms with Crippen molar-refractivity contribution in [3.63, 3.8) is 0 Å². The molecular weight excluding hydrogens is 260 g/mol. The molecule has 8 heteroatoms. The highest BCUT2D eigenvalue weighted by molar-refractivity contribution is 5.51. The second-order valence-corrected chi connectivity index (χ2v) is 4.90. The highest BCUT2D eigenvalue weighted by atomic mass is 16.5. The number of piperazine rings is 1. The summed E-state index contributed by atoms with van der Waals surface area (Å²) in [6, 6.07) is 2.24. The van der Waals surface area contributed by atoms with Gasteiger partial charge in [-0.1, -0.05) is 5.16 Å². The quantitative estimate of drug-likeness (QED) is 0.836. The zero-order valence-corrected chi connectivity index (χ0v) is 11.6. The van der Waals surface area contributed by atoms with Crippen molar-refractivity contribution in [2.45, 2.75) is 19.6 Å². The Morgan fingerprint density at radius 2 is 2.45 bits per heavy atom. The van der Waals surface area contributed by atoms with E-state index in [9.17, 15) is 0 Å². The summed E-state index contributed by atoms with van der Waals surface area (Å²) in [6.45, 7) is 5.27. The predicted octanol–water partition coefficient (Wildman–Crippen LogP) is 0.404. The number of ether oxygens (including phenoxy) is 1. The molecular formula is C12H18N6O2. The van der Waals surface area contributed by atoms with Crippen LogP contribution in [0.25, 0.3) is 11.5 Å². The third-order valence-electron chi connectivity index (χ3n) is 3.21. The van der Waals surface area contributed by atoms with E-state index in [2.05, 4.69) is 37.5 Å². The normalized spacial score (nSPS) is 19.5. The van der Waals surface area contributed by atoms with Crippen LogP contribution in [-0.4, -0.2) is 53.1 Å². The molecule has 0 spiro atoms. The molecule has 2 aromatic rings. The van der Waals surface area contributed by atoms with E-state index in [4.69, 9.17) is 9.26 Å². The number of aromatic nitrogens is 4. The van der Waals surface area contributed by atoms with Gasteiger partial charge >= 0.3 is 0 Å². The summed E-state index contributed by atoms with van der Waals surface area (Å²) in [7, 11) is 1.61. The van der Waals surface area contributed by atoms with Crippen molar-refractivity contribution in [1.29, 1.82) is 0 Å². The number of H-pyrrole nitrogens is 1. The summed E-state index contributed by atoms with van der Waals surface area (Å²) in [5.74, 6) is 1.97. The lowest BCUT2D eigenvalue weighted by Gasteiger charge is -2.30. The summed E-state index contributed by atoms with van der Waals surface area (Å²) in [5.41, 5.74) is 0.638. The molecule has 1 aliphatic rings. The summed E-state index contributed by atoms with van der Waals surface area (Å²) in [5, 5.41) is 14.5. The fourth-order valence-electron chi connectivity index (χ4n) is 2.26. The summed E-state index contributed by atoms with van der Waals surface area (Å²) in [4.78, 5) is 6.63. The Balaban J connectivity index is 1.75. The average molecular weight is 278 g/mol. The van der Waals surface area contributed by atoms with Gasteiger partial charge in [0.1, 0.15) is 6.61 Å². The van der Waals surface area contributed by atoms with Crippen molar-refractivity contribution >= 4 is 5.95 Å². The first kappa shape index (κ1) is 13.1. The Hall–Kier alpha value is -1.93. The molecule has 0 aromatic carbocycles. The fraction of sp³-hybridized carbons (Fsp3) is 0.583. The molecule has 1 saturated heterocycles. The lowest BCUT2D eigenvalue weighted by molar-refractivity contribution is 0.156. The van der Waals surface area contributed by atoms with Crippen molar-refractivity contribution < 1.29 is 9.26 Å². The van der Waals surface area contributed by atoms with Crippen LogP contribution in [-0.2, 0) is 11.3 Å². The zero-order valence-electron chi connectivity index (χ0n) is 11.6. The Morgan fingerprint density at radius 3 is 3.25 bits per heavy atom. The summed E-state index contributed by atoms with van der Waals surface area (Å²) in [6.07, 6.45) is 0. The van der Waals surface area contributed by atoms with Crippen molar-refractivity contribution in [3.8, 4) is 11.5 Å². The summed E-state index contributed by atoms with van der Waals surface area (Å²) >= 11 is 0. The Labute approximate surface area is 116 Å². The van der Waals surface area contributed by atoms with Crippen LogP contribution in [0.4, 0.5) is 5.95 Å². The van der Waals surface area contributed by atoms with Gasteiger partial charge in [-0.25, -0.2) is 0 Å². The molecule has 0 unspecified atom stereocenters. The van der Waals surface area contributed by atoms with Crippen LogP contribution in [0.1, 0.15) is 12.7 Å². The molecule has 2 aromatic heterocycles. The number of hydrogen-bond acceptors (Lipinski definition) is 7. The maximum Gasteiger partial charge on any atom is 0.245 e. The topological polar surface area (TPSA) is 92.1 Å². The highest BCUT2D eigenvalue weighted by Crippen LogP contribution is 2.18. The molecule has 0 bridgehead atoms. The zero-order chi connectivity index (χ0) is 13.9. The molecule has 3 heterocycles. The molecule has 108 valence electrons. The fourth-order valence-corrected chi connectivity index (χ4v) is 2.26. The summed E-state index contributed by atoms with van der Waals surface area (Å²) < 4.78 is 10.1. The van der Waals surface area contributed by atoms with E-state index < -0.39 is 0 Å². The predicted molar refractivity (Wildman–Crippen MR) is 72.3 cm³/mol. The van der Waals surface area contributed by atoms with Gasteiger partial charge in [-0.2, -0.15) is 4.98 Å². The van der Waals surface area contributed by atoms with Crippen LogP contribution in [0.5, 0.6) is 0 Å². The number of nitrogens with one attached hydrogen (secondary N) is 2. The first-order valence-corrected chi connectivity index (χ1v) is 6.62. The molecule has 2 N–H and O–H groups in total. The lowest BCUT2D eigenvalue weighted by Crippen LogP contribution is -2.49. The number of anilines is 1. The van der Waals surface area contributed by atoms with E-state index in [1.165, 1.54) is 0 Å². The van der Waals surface area contributed by atoms with Crippen molar-refractivity contribution in [1.82, 2.24) is 25.7 Å². The number of methoxy groups -OCH3 is 1. The lowest BCUT2D eigenvalue weighted by atomic mass is 10.2. The van der Waals surface area contributed by atoms with E-state index in [-0.39, 0.29) is 0 Å². The van der Waals surface area contributed by atoms with Crippen LogP contribution in [0.3, 0.4) is 0 Å². The van der Waals surface area contributed by atoms with Crippen molar-refractivity contribution in [3.05, 3.63) is 11.8 Å². The largest absolute Gasteiger partial charge is 0.377 e. The Bertz CT molecular complexity index is 566. The minimum Gasteiger partial charge on any atom is -0.377 e. The first-order chi connectivity index (χ1) is 9.76. The van der Waals surface area contributed by atoms with Crippen molar-refractivity contribution in [2.24, 2.45) is 0 Å². The van der Waals surface area contributed by atoms with Crippen LogP contribution < -0.4 is 10.2 Å². The van der Waals surface area contributed by atoms with Gasteiger partial charge in [0.25, 0.3) is 0 Å². The molecule has 0 aliphatic carbocycles. The van der Waals surface area contributed by atoms with E-state index >= 15 is 0 Å². The van der Waals surface area contributed by atoms with Gasteiger partial charge in [0.05, 0.1) is 0 Å². The molecule has 0 radical (unpaired) electrons. The average Bonchev–Trinajstić information content (AvgIpc) is 3.07.